The minimum Gasteiger partial charge on any atom is -0.462 e. The number of carbonyl (C=O) groups excluding carboxylic acids is 2. The molecule has 0 aromatic rings. The van der Waals surface area contributed by atoms with E-state index >= 15 is 0 Å². The Hall–Kier alpha value is -1.32. The Bertz CT molecular complexity index is 328. The van der Waals surface area contributed by atoms with E-state index in [1.54, 1.807) is 0 Å². The van der Waals surface area contributed by atoms with E-state index in [4.69, 9.17) is 9.47 Å². The van der Waals surface area contributed by atoms with Crippen LogP contribution in [0.25, 0.3) is 0 Å². The fourth-order valence-corrected chi connectivity index (χ4v) is 1.78. The van der Waals surface area contributed by atoms with Gasteiger partial charge in [-0.25, -0.2) is 4.79 Å². The van der Waals surface area contributed by atoms with E-state index in [2.05, 4.69) is 6.58 Å². The predicted molar refractivity (Wildman–Crippen MR) is 74.6 cm³/mol. The van der Waals surface area contributed by atoms with E-state index in [-0.39, 0.29) is 24.6 Å². The summed E-state index contributed by atoms with van der Waals surface area (Å²) in [5, 5.41) is 0. The number of ether oxygens (including phenoxy) is 2. The molecule has 1 atom stereocenters. The molecule has 19 heavy (non-hydrogen) atoms. The van der Waals surface area contributed by atoms with Crippen molar-refractivity contribution in [2.24, 2.45) is 10.8 Å². The van der Waals surface area contributed by atoms with Crippen molar-refractivity contribution in [2.75, 3.05) is 13.2 Å². The molecule has 0 aromatic heterocycles. The molecule has 4 nitrogen and oxygen atoms in total. The lowest BCUT2D eigenvalue weighted by atomic mass is 9.65. The van der Waals surface area contributed by atoms with Crippen LogP contribution in [0, 0.1) is 10.8 Å². The van der Waals surface area contributed by atoms with Crippen LogP contribution in [0.4, 0.5) is 0 Å². The van der Waals surface area contributed by atoms with Gasteiger partial charge in [0.2, 0.25) is 0 Å². The lowest BCUT2D eigenvalue weighted by Crippen LogP contribution is -2.42. The van der Waals surface area contributed by atoms with Crippen molar-refractivity contribution in [3.8, 4) is 0 Å². The van der Waals surface area contributed by atoms with E-state index < -0.39 is 11.4 Å². The summed E-state index contributed by atoms with van der Waals surface area (Å²) in [4.78, 5) is 23.1. The normalized spacial score (nSPS) is 14.4. The van der Waals surface area contributed by atoms with Crippen LogP contribution in [0.15, 0.2) is 12.7 Å². The summed E-state index contributed by atoms with van der Waals surface area (Å²) < 4.78 is 10.00. The highest BCUT2D eigenvalue weighted by Gasteiger charge is 2.44. The van der Waals surface area contributed by atoms with Gasteiger partial charge in [-0.15, -0.1) is 0 Å². The molecular formula is C15H26O4. The molecule has 0 fully saturated rings. The van der Waals surface area contributed by atoms with E-state index in [0.29, 0.717) is 0 Å². The van der Waals surface area contributed by atoms with E-state index in [9.17, 15) is 9.59 Å². The Morgan fingerprint density at radius 1 is 1.11 bits per heavy atom. The number of hydrogen-bond acceptors (Lipinski definition) is 4. The summed E-state index contributed by atoms with van der Waals surface area (Å²) >= 11 is 0. The molecule has 0 aromatic carbocycles. The van der Waals surface area contributed by atoms with Gasteiger partial charge in [0.15, 0.2) is 0 Å². The summed E-state index contributed by atoms with van der Waals surface area (Å²) in [7, 11) is 0. The first kappa shape index (κ1) is 17.7. The minimum absolute atomic E-state index is 0.0585. The highest BCUT2D eigenvalue weighted by molar-refractivity contribution is 5.81. The average Bonchev–Trinajstić information content (AvgIpc) is 2.32. The summed E-state index contributed by atoms with van der Waals surface area (Å²) in [6.45, 7) is 13.5. The van der Waals surface area contributed by atoms with Gasteiger partial charge in [-0.2, -0.15) is 0 Å². The molecule has 0 spiro atoms. The first-order chi connectivity index (χ1) is 8.69. The van der Waals surface area contributed by atoms with Gasteiger partial charge in [-0.1, -0.05) is 40.7 Å². The van der Waals surface area contributed by atoms with Gasteiger partial charge in [0.1, 0.15) is 13.2 Å². The zero-order chi connectivity index (χ0) is 15.1. The molecule has 0 bridgehead atoms. The van der Waals surface area contributed by atoms with Gasteiger partial charge >= 0.3 is 11.9 Å². The molecule has 0 aliphatic heterocycles. The van der Waals surface area contributed by atoms with Crippen LogP contribution < -0.4 is 0 Å². The van der Waals surface area contributed by atoms with Crippen LogP contribution in [0.3, 0.4) is 0 Å². The van der Waals surface area contributed by atoms with Gasteiger partial charge in [-0.05, 0) is 18.8 Å². The van der Waals surface area contributed by atoms with E-state index in [0.717, 1.165) is 18.9 Å². The number of rotatable bonds is 7. The SMILES string of the molecule is C=CC(=O)OCCOC(=O)C(C)(CCC)C(C)(C)C. The zero-order valence-electron chi connectivity index (χ0n) is 12.7. The summed E-state index contributed by atoms with van der Waals surface area (Å²) in [6.07, 6.45) is 2.76. The maximum atomic E-state index is 12.2. The fourth-order valence-electron chi connectivity index (χ4n) is 1.78. The third-order valence-electron chi connectivity index (χ3n) is 3.58. The quantitative estimate of drug-likeness (QED) is 0.405. The third kappa shape index (κ3) is 5.05. The van der Waals surface area contributed by atoms with Crippen molar-refractivity contribution in [3.63, 3.8) is 0 Å². The molecule has 0 amide bonds. The topological polar surface area (TPSA) is 52.6 Å². The van der Waals surface area contributed by atoms with Crippen LogP contribution in [-0.4, -0.2) is 25.2 Å². The van der Waals surface area contributed by atoms with E-state index in [1.807, 2.05) is 34.6 Å². The largest absolute Gasteiger partial charge is 0.462 e. The molecule has 0 saturated carbocycles. The Balaban J connectivity index is 4.43. The van der Waals surface area contributed by atoms with Crippen LogP contribution in [0.1, 0.15) is 47.5 Å². The molecular weight excluding hydrogens is 244 g/mol. The standard InChI is InChI=1S/C15H26O4/c1-7-9-15(6,14(3,4)5)13(17)19-11-10-18-12(16)8-2/h8H,2,7,9-11H2,1,3-6H3. The molecule has 0 heterocycles. The Morgan fingerprint density at radius 3 is 2.05 bits per heavy atom. The Kier molecular flexibility index (Phi) is 6.81. The average molecular weight is 270 g/mol. The Labute approximate surface area is 116 Å². The molecule has 0 aliphatic carbocycles. The summed E-state index contributed by atoms with van der Waals surface area (Å²) in [5.74, 6) is -0.750. The highest BCUT2D eigenvalue weighted by atomic mass is 16.6. The van der Waals surface area contributed by atoms with Crippen LogP contribution in [0.2, 0.25) is 0 Å². The molecule has 0 rings (SSSR count). The molecule has 1 unspecified atom stereocenters. The maximum absolute atomic E-state index is 12.2. The first-order valence-corrected chi connectivity index (χ1v) is 6.65. The van der Waals surface area contributed by atoms with Crippen molar-refractivity contribution >= 4 is 11.9 Å². The molecule has 0 saturated heterocycles. The third-order valence-corrected chi connectivity index (χ3v) is 3.58. The number of carbonyl (C=O) groups is 2. The van der Waals surface area contributed by atoms with Crippen molar-refractivity contribution in [3.05, 3.63) is 12.7 Å². The Morgan fingerprint density at radius 2 is 1.63 bits per heavy atom. The minimum atomic E-state index is -0.538. The van der Waals surface area contributed by atoms with Gasteiger partial charge in [0, 0.05) is 6.08 Å². The van der Waals surface area contributed by atoms with Crippen molar-refractivity contribution in [2.45, 2.75) is 47.5 Å². The van der Waals surface area contributed by atoms with Gasteiger partial charge in [-0.3, -0.25) is 4.79 Å². The smallest absolute Gasteiger partial charge is 0.330 e. The predicted octanol–water partition coefficient (Wildman–Crippen LogP) is 3.11. The van der Waals surface area contributed by atoms with Gasteiger partial charge in [0.05, 0.1) is 5.41 Å². The van der Waals surface area contributed by atoms with E-state index in [1.165, 1.54) is 0 Å². The summed E-state index contributed by atoms with van der Waals surface area (Å²) in [5.41, 5.74) is -0.720. The second-order valence-corrected chi connectivity index (χ2v) is 5.84. The fraction of sp³-hybridized carbons (Fsp3) is 0.733. The second-order valence-electron chi connectivity index (χ2n) is 5.84. The highest BCUT2D eigenvalue weighted by Crippen LogP contribution is 2.43. The van der Waals surface area contributed by atoms with Crippen molar-refractivity contribution in [1.29, 1.82) is 0 Å². The first-order valence-electron chi connectivity index (χ1n) is 6.65. The lowest BCUT2D eigenvalue weighted by molar-refractivity contribution is -0.165. The van der Waals surface area contributed by atoms with Crippen LogP contribution in [-0.2, 0) is 19.1 Å². The summed E-state index contributed by atoms with van der Waals surface area (Å²) in [6, 6.07) is 0. The number of esters is 2. The number of hydrogen-bond donors (Lipinski definition) is 0. The van der Waals surface area contributed by atoms with Crippen molar-refractivity contribution < 1.29 is 19.1 Å². The molecule has 0 N–H and O–H groups in total. The lowest BCUT2D eigenvalue weighted by Gasteiger charge is -2.39. The van der Waals surface area contributed by atoms with Crippen LogP contribution in [0.5, 0.6) is 0 Å². The molecule has 0 aliphatic rings. The van der Waals surface area contributed by atoms with Crippen LogP contribution >= 0.6 is 0 Å². The maximum Gasteiger partial charge on any atom is 0.330 e. The zero-order valence-corrected chi connectivity index (χ0v) is 12.7. The van der Waals surface area contributed by atoms with Crippen molar-refractivity contribution in [1.82, 2.24) is 0 Å². The monoisotopic (exact) mass is 270 g/mol. The molecule has 4 heteroatoms. The van der Waals surface area contributed by atoms with Gasteiger partial charge < -0.3 is 9.47 Å². The molecule has 110 valence electrons. The second kappa shape index (κ2) is 7.31. The molecule has 0 radical (unpaired) electrons. The van der Waals surface area contributed by atoms with Gasteiger partial charge in [0.25, 0.3) is 0 Å².